The largest absolute Gasteiger partial charge is 0.140 e. The van der Waals surface area contributed by atoms with Crippen molar-refractivity contribution in [2.75, 3.05) is 0 Å². The molecule has 2 aromatic rings. The summed E-state index contributed by atoms with van der Waals surface area (Å²) >= 11 is 2.01. The minimum absolute atomic E-state index is 0.881. The van der Waals surface area contributed by atoms with E-state index in [1.807, 2.05) is 11.3 Å². The highest BCUT2D eigenvalue weighted by Crippen LogP contribution is 2.38. The van der Waals surface area contributed by atoms with E-state index in [-0.39, 0.29) is 0 Å². The highest BCUT2D eigenvalue weighted by molar-refractivity contribution is 7.19. The molecular formula is C14H16S. The fourth-order valence-electron chi connectivity index (χ4n) is 2.56. The quantitative estimate of drug-likeness (QED) is 0.614. The van der Waals surface area contributed by atoms with Crippen LogP contribution in [0.2, 0.25) is 0 Å². The van der Waals surface area contributed by atoms with Gasteiger partial charge >= 0.3 is 0 Å². The minimum Gasteiger partial charge on any atom is -0.140 e. The molecule has 1 aliphatic carbocycles. The van der Waals surface area contributed by atoms with Crippen LogP contribution in [0, 0.1) is 12.8 Å². The molecule has 3 rings (SSSR count). The molecule has 0 fully saturated rings. The monoisotopic (exact) mass is 216 g/mol. The molecule has 0 saturated carbocycles. The van der Waals surface area contributed by atoms with Gasteiger partial charge in [-0.1, -0.05) is 24.6 Å². The second kappa shape index (κ2) is 3.34. The van der Waals surface area contributed by atoms with Crippen molar-refractivity contribution in [3.8, 4) is 0 Å². The van der Waals surface area contributed by atoms with Gasteiger partial charge in [-0.3, -0.25) is 0 Å². The molecule has 0 spiro atoms. The van der Waals surface area contributed by atoms with Crippen molar-refractivity contribution in [3.05, 3.63) is 34.2 Å². The topological polar surface area (TPSA) is 0 Å². The number of hydrogen-bond donors (Lipinski definition) is 0. The first-order valence-electron chi connectivity index (χ1n) is 5.75. The first kappa shape index (κ1) is 9.41. The van der Waals surface area contributed by atoms with Gasteiger partial charge in [-0.2, -0.15) is 0 Å². The number of hydrogen-bond acceptors (Lipinski definition) is 1. The van der Waals surface area contributed by atoms with Gasteiger partial charge in [0.1, 0.15) is 0 Å². The molecule has 1 aliphatic rings. The number of fused-ring (bicyclic) bond motifs is 3. The molecule has 1 atom stereocenters. The molecule has 0 amide bonds. The van der Waals surface area contributed by atoms with Crippen LogP contribution in [0.1, 0.15) is 29.3 Å². The average molecular weight is 216 g/mol. The molecule has 15 heavy (non-hydrogen) atoms. The molecule has 0 saturated heterocycles. The van der Waals surface area contributed by atoms with Crippen LogP contribution in [-0.4, -0.2) is 0 Å². The Morgan fingerprint density at radius 2 is 2.20 bits per heavy atom. The predicted molar refractivity (Wildman–Crippen MR) is 67.8 cm³/mol. The SMILES string of the molecule is Cc1ccc2sc3c(c2c1)CC[C@@H](C)C3. The van der Waals surface area contributed by atoms with Crippen molar-refractivity contribution in [1.82, 2.24) is 0 Å². The van der Waals surface area contributed by atoms with Gasteiger partial charge in [-0.15, -0.1) is 11.3 Å². The van der Waals surface area contributed by atoms with E-state index < -0.39 is 0 Å². The lowest BCUT2D eigenvalue weighted by molar-refractivity contribution is 0.509. The minimum atomic E-state index is 0.881. The van der Waals surface area contributed by atoms with Gasteiger partial charge in [-0.25, -0.2) is 0 Å². The summed E-state index contributed by atoms with van der Waals surface area (Å²) in [4.78, 5) is 1.65. The Morgan fingerprint density at radius 3 is 3.07 bits per heavy atom. The van der Waals surface area contributed by atoms with Crippen LogP contribution in [0.5, 0.6) is 0 Å². The maximum atomic E-state index is 2.37. The van der Waals surface area contributed by atoms with Gasteiger partial charge < -0.3 is 0 Å². The second-order valence-corrected chi connectivity index (χ2v) is 5.99. The molecule has 1 heteroatoms. The lowest BCUT2D eigenvalue weighted by Gasteiger charge is -2.17. The molecule has 0 nitrogen and oxygen atoms in total. The normalized spacial score (nSPS) is 20.5. The summed E-state index contributed by atoms with van der Waals surface area (Å²) in [7, 11) is 0. The van der Waals surface area contributed by atoms with E-state index in [0.29, 0.717) is 0 Å². The summed E-state index contributed by atoms with van der Waals surface area (Å²) < 4.78 is 1.49. The molecule has 78 valence electrons. The second-order valence-electron chi connectivity index (χ2n) is 4.85. The van der Waals surface area contributed by atoms with Crippen LogP contribution in [0.4, 0.5) is 0 Å². The number of aryl methyl sites for hydroxylation is 2. The molecule has 0 radical (unpaired) electrons. The van der Waals surface area contributed by atoms with Crippen LogP contribution < -0.4 is 0 Å². The highest BCUT2D eigenvalue weighted by Gasteiger charge is 2.19. The van der Waals surface area contributed by atoms with E-state index in [4.69, 9.17) is 0 Å². The third kappa shape index (κ3) is 1.50. The zero-order valence-electron chi connectivity index (χ0n) is 9.34. The van der Waals surface area contributed by atoms with Crippen molar-refractivity contribution in [1.29, 1.82) is 0 Å². The van der Waals surface area contributed by atoms with Crippen molar-refractivity contribution in [3.63, 3.8) is 0 Å². The van der Waals surface area contributed by atoms with Gasteiger partial charge in [0.05, 0.1) is 0 Å². The van der Waals surface area contributed by atoms with Crippen LogP contribution in [-0.2, 0) is 12.8 Å². The van der Waals surface area contributed by atoms with Crippen molar-refractivity contribution >= 4 is 21.4 Å². The molecule has 1 heterocycles. The van der Waals surface area contributed by atoms with Crippen molar-refractivity contribution < 1.29 is 0 Å². The maximum absolute atomic E-state index is 2.37. The summed E-state index contributed by atoms with van der Waals surface area (Å²) in [6.07, 6.45) is 3.96. The van der Waals surface area contributed by atoms with E-state index in [1.54, 1.807) is 10.4 Å². The number of benzene rings is 1. The van der Waals surface area contributed by atoms with Crippen molar-refractivity contribution in [2.45, 2.75) is 33.1 Å². The zero-order chi connectivity index (χ0) is 10.4. The number of rotatable bonds is 0. The smallest absolute Gasteiger partial charge is 0.0348 e. The van der Waals surface area contributed by atoms with Crippen LogP contribution in [0.25, 0.3) is 10.1 Å². The predicted octanol–water partition coefficient (Wildman–Crippen LogP) is 4.33. The summed E-state index contributed by atoms with van der Waals surface area (Å²) in [5.41, 5.74) is 3.04. The fraction of sp³-hybridized carbons (Fsp3) is 0.429. The molecule has 0 unspecified atom stereocenters. The summed E-state index contributed by atoms with van der Waals surface area (Å²) in [6, 6.07) is 6.88. The van der Waals surface area contributed by atoms with Gasteiger partial charge in [0.15, 0.2) is 0 Å². The Kier molecular flexibility index (Phi) is 2.10. The molecule has 1 aromatic carbocycles. The summed E-state index contributed by atoms with van der Waals surface area (Å²) in [6.45, 7) is 4.56. The third-order valence-corrected chi connectivity index (χ3v) is 4.69. The number of thiophene rings is 1. The van der Waals surface area contributed by atoms with Crippen LogP contribution >= 0.6 is 11.3 Å². The Morgan fingerprint density at radius 1 is 1.33 bits per heavy atom. The first-order valence-corrected chi connectivity index (χ1v) is 6.56. The molecule has 0 N–H and O–H groups in total. The molecular weight excluding hydrogens is 200 g/mol. The average Bonchev–Trinajstić information content (AvgIpc) is 2.54. The van der Waals surface area contributed by atoms with E-state index in [2.05, 4.69) is 32.0 Å². The van der Waals surface area contributed by atoms with Crippen molar-refractivity contribution in [2.24, 2.45) is 5.92 Å². The highest BCUT2D eigenvalue weighted by atomic mass is 32.1. The van der Waals surface area contributed by atoms with Gasteiger partial charge in [-0.05, 0) is 49.1 Å². The Hall–Kier alpha value is -0.820. The Labute approximate surface area is 94.9 Å². The lowest BCUT2D eigenvalue weighted by atomic mass is 9.89. The summed E-state index contributed by atoms with van der Waals surface area (Å²) in [5, 5.41) is 1.53. The van der Waals surface area contributed by atoms with E-state index in [0.717, 1.165) is 5.92 Å². The molecule has 1 aromatic heterocycles. The first-order chi connectivity index (χ1) is 7.24. The Balaban J connectivity index is 2.24. The lowest BCUT2D eigenvalue weighted by Crippen LogP contribution is -2.08. The zero-order valence-corrected chi connectivity index (χ0v) is 10.2. The van der Waals surface area contributed by atoms with E-state index in [1.165, 1.54) is 34.9 Å². The summed E-state index contributed by atoms with van der Waals surface area (Å²) in [5.74, 6) is 0.881. The van der Waals surface area contributed by atoms with Crippen LogP contribution in [0.3, 0.4) is 0 Å². The molecule has 0 bridgehead atoms. The molecule has 0 aliphatic heterocycles. The fourth-order valence-corrected chi connectivity index (χ4v) is 3.96. The van der Waals surface area contributed by atoms with E-state index >= 15 is 0 Å². The third-order valence-electron chi connectivity index (χ3n) is 3.45. The van der Waals surface area contributed by atoms with Gasteiger partial charge in [0.2, 0.25) is 0 Å². The van der Waals surface area contributed by atoms with Gasteiger partial charge in [0, 0.05) is 9.58 Å². The van der Waals surface area contributed by atoms with E-state index in [9.17, 15) is 0 Å². The standard InChI is InChI=1S/C14H16S/c1-9-4-6-13-12(7-9)11-5-3-10(2)8-14(11)15-13/h4,6-7,10H,3,5,8H2,1-2H3/t10-/m1/s1. The van der Waals surface area contributed by atoms with Crippen LogP contribution in [0.15, 0.2) is 18.2 Å². The van der Waals surface area contributed by atoms with Gasteiger partial charge in [0.25, 0.3) is 0 Å². The maximum Gasteiger partial charge on any atom is 0.0348 e. The Bertz CT molecular complexity index is 507.